The van der Waals surface area contributed by atoms with Gasteiger partial charge >= 0.3 is 0 Å². The Morgan fingerprint density at radius 3 is 2.50 bits per heavy atom. The zero-order valence-electron chi connectivity index (χ0n) is 12.2. The minimum Gasteiger partial charge on any atom is -0.493 e. The van der Waals surface area contributed by atoms with E-state index in [0.717, 1.165) is 5.56 Å². The third kappa shape index (κ3) is 3.35. The second kappa shape index (κ2) is 6.61. The average molecular weight is 304 g/mol. The van der Waals surface area contributed by atoms with Gasteiger partial charge in [0.1, 0.15) is 0 Å². The number of anilines is 1. The Morgan fingerprint density at radius 2 is 1.95 bits per heavy atom. The van der Waals surface area contributed by atoms with Gasteiger partial charge in [-0.2, -0.15) is 5.10 Å². The molecule has 2 rings (SSSR count). The molecule has 4 N–H and O–H groups in total. The SMILES string of the molecule is COc1cc(NC(=O)Cc2cn[nH]c2)c(C(N)=O)cc1OC. The number of aromatic nitrogens is 2. The molecule has 116 valence electrons. The number of primary amides is 1. The predicted octanol–water partition coefficient (Wildman–Crippen LogP) is 0.707. The highest BCUT2D eigenvalue weighted by Gasteiger charge is 2.17. The molecule has 1 aromatic carbocycles. The molecule has 0 unspecified atom stereocenters. The molecule has 8 nitrogen and oxygen atoms in total. The first-order chi connectivity index (χ1) is 10.5. The number of nitrogens with one attached hydrogen (secondary N) is 2. The van der Waals surface area contributed by atoms with Crippen molar-refractivity contribution in [1.82, 2.24) is 10.2 Å². The van der Waals surface area contributed by atoms with Crippen molar-refractivity contribution in [2.75, 3.05) is 19.5 Å². The van der Waals surface area contributed by atoms with Crippen molar-refractivity contribution in [2.45, 2.75) is 6.42 Å². The van der Waals surface area contributed by atoms with Crippen LogP contribution in [0.4, 0.5) is 5.69 Å². The summed E-state index contributed by atoms with van der Waals surface area (Å²) in [6.07, 6.45) is 3.27. The van der Waals surface area contributed by atoms with Crippen molar-refractivity contribution in [2.24, 2.45) is 5.73 Å². The summed E-state index contributed by atoms with van der Waals surface area (Å²) in [7, 11) is 2.90. The van der Waals surface area contributed by atoms with Crippen molar-refractivity contribution >= 4 is 17.5 Å². The van der Waals surface area contributed by atoms with Gasteiger partial charge in [-0.05, 0) is 11.6 Å². The van der Waals surface area contributed by atoms with E-state index in [-0.39, 0.29) is 23.6 Å². The minimum absolute atomic E-state index is 0.114. The first-order valence-electron chi connectivity index (χ1n) is 6.38. The number of methoxy groups -OCH3 is 2. The molecular weight excluding hydrogens is 288 g/mol. The van der Waals surface area contributed by atoms with E-state index in [1.54, 1.807) is 12.4 Å². The number of nitrogens with two attached hydrogens (primary N) is 1. The number of rotatable bonds is 6. The largest absolute Gasteiger partial charge is 0.493 e. The summed E-state index contributed by atoms with van der Waals surface area (Å²) in [6.45, 7) is 0. The summed E-state index contributed by atoms with van der Waals surface area (Å²) in [4.78, 5) is 23.6. The zero-order valence-corrected chi connectivity index (χ0v) is 12.2. The van der Waals surface area contributed by atoms with Gasteiger partial charge in [0, 0.05) is 12.3 Å². The van der Waals surface area contributed by atoms with Gasteiger partial charge in [0.15, 0.2) is 11.5 Å². The molecule has 2 aromatic rings. The van der Waals surface area contributed by atoms with Crippen LogP contribution < -0.4 is 20.5 Å². The number of amides is 2. The topological polar surface area (TPSA) is 119 Å². The maximum absolute atomic E-state index is 12.0. The van der Waals surface area contributed by atoms with Crippen LogP contribution in [0.25, 0.3) is 0 Å². The lowest BCUT2D eigenvalue weighted by molar-refractivity contribution is -0.115. The fraction of sp³-hybridized carbons (Fsp3) is 0.214. The molecule has 0 fully saturated rings. The fourth-order valence-electron chi connectivity index (χ4n) is 1.94. The number of nitrogens with zero attached hydrogens (tertiary/aromatic N) is 1. The van der Waals surface area contributed by atoms with Crippen molar-refractivity contribution < 1.29 is 19.1 Å². The molecule has 0 spiro atoms. The second-order valence-corrected chi connectivity index (χ2v) is 4.45. The third-order valence-electron chi connectivity index (χ3n) is 2.98. The first kappa shape index (κ1) is 15.4. The predicted molar refractivity (Wildman–Crippen MR) is 79.0 cm³/mol. The molecule has 1 heterocycles. The minimum atomic E-state index is -0.681. The Labute approximate surface area is 126 Å². The first-order valence-corrected chi connectivity index (χ1v) is 6.38. The Kier molecular flexibility index (Phi) is 4.62. The molecule has 22 heavy (non-hydrogen) atoms. The van der Waals surface area contributed by atoms with E-state index in [1.165, 1.54) is 26.4 Å². The summed E-state index contributed by atoms with van der Waals surface area (Å²) >= 11 is 0. The summed E-state index contributed by atoms with van der Waals surface area (Å²) in [5, 5.41) is 9.02. The molecule has 0 radical (unpaired) electrons. The molecule has 2 amide bonds. The van der Waals surface area contributed by atoms with Gasteiger partial charge in [-0.25, -0.2) is 0 Å². The lowest BCUT2D eigenvalue weighted by Crippen LogP contribution is -2.19. The molecule has 0 bridgehead atoms. The summed E-state index contributed by atoms with van der Waals surface area (Å²) in [5.74, 6) is -0.258. The van der Waals surface area contributed by atoms with Crippen molar-refractivity contribution in [3.05, 3.63) is 35.7 Å². The smallest absolute Gasteiger partial charge is 0.250 e. The number of ether oxygens (including phenoxy) is 2. The lowest BCUT2D eigenvalue weighted by atomic mass is 10.1. The van der Waals surface area contributed by atoms with Gasteiger partial charge in [-0.15, -0.1) is 0 Å². The molecule has 1 aromatic heterocycles. The van der Waals surface area contributed by atoms with E-state index >= 15 is 0 Å². The molecule has 0 saturated carbocycles. The molecule has 0 aliphatic heterocycles. The number of benzene rings is 1. The Morgan fingerprint density at radius 1 is 1.27 bits per heavy atom. The van der Waals surface area contributed by atoms with Gasteiger partial charge in [-0.3, -0.25) is 14.7 Å². The van der Waals surface area contributed by atoms with Gasteiger partial charge < -0.3 is 20.5 Å². The third-order valence-corrected chi connectivity index (χ3v) is 2.98. The lowest BCUT2D eigenvalue weighted by Gasteiger charge is -2.14. The van der Waals surface area contributed by atoms with E-state index in [2.05, 4.69) is 15.5 Å². The maximum Gasteiger partial charge on any atom is 0.250 e. The zero-order chi connectivity index (χ0) is 16.1. The van der Waals surface area contributed by atoms with Gasteiger partial charge in [0.05, 0.1) is 38.1 Å². The van der Waals surface area contributed by atoms with Crippen LogP contribution in [0.2, 0.25) is 0 Å². The quantitative estimate of drug-likeness (QED) is 0.726. The Balaban J connectivity index is 2.28. The van der Waals surface area contributed by atoms with E-state index in [0.29, 0.717) is 11.5 Å². The normalized spacial score (nSPS) is 10.1. The van der Waals surface area contributed by atoms with E-state index in [1.807, 2.05) is 0 Å². The van der Waals surface area contributed by atoms with Crippen LogP contribution in [0.1, 0.15) is 15.9 Å². The Hall–Kier alpha value is -3.03. The maximum atomic E-state index is 12.0. The number of carbonyl (C=O) groups excluding carboxylic acids is 2. The van der Waals surface area contributed by atoms with Crippen LogP contribution >= 0.6 is 0 Å². The number of hydrogen-bond acceptors (Lipinski definition) is 5. The summed E-state index contributed by atoms with van der Waals surface area (Å²) in [6, 6.07) is 2.92. The molecule has 0 atom stereocenters. The number of hydrogen-bond donors (Lipinski definition) is 3. The highest BCUT2D eigenvalue weighted by molar-refractivity contribution is 6.04. The Bertz CT molecular complexity index is 682. The average Bonchev–Trinajstić information content (AvgIpc) is 2.99. The standard InChI is InChI=1S/C14H16N4O4/c1-21-11-4-9(14(15)20)10(5-12(11)22-2)18-13(19)3-8-6-16-17-7-8/h4-7H,3H2,1-2H3,(H2,15,20)(H,16,17)(H,18,19). The molecule has 0 aliphatic carbocycles. The van der Waals surface area contributed by atoms with Crippen LogP contribution in [-0.2, 0) is 11.2 Å². The van der Waals surface area contributed by atoms with Crippen LogP contribution in [-0.4, -0.2) is 36.2 Å². The highest BCUT2D eigenvalue weighted by atomic mass is 16.5. The van der Waals surface area contributed by atoms with Crippen LogP contribution in [0, 0.1) is 0 Å². The molecule has 0 saturated heterocycles. The fourth-order valence-corrected chi connectivity index (χ4v) is 1.94. The van der Waals surface area contributed by atoms with Crippen LogP contribution in [0.3, 0.4) is 0 Å². The summed E-state index contributed by atoms with van der Waals surface area (Å²) < 4.78 is 10.3. The van der Waals surface area contributed by atoms with Gasteiger partial charge in [-0.1, -0.05) is 0 Å². The molecule has 8 heteroatoms. The van der Waals surface area contributed by atoms with E-state index in [9.17, 15) is 9.59 Å². The highest BCUT2D eigenvalue weighted by Crippen LogP contribution is 2.33. The van der Waals surface area contributed by atoms with Crippen LogP contribution in [0.15, 0.2) is 24.5 Å². The number of carbonyl (C=O) groups is 2. The van der Waals surface area contributed by atoms with Gasteiger partial charge in [0.25, 0.3) is 5.91 Å². The molecule has 0 aliphatic rings. The van der Waals surface area contributed by atoms with Crippen molar-refractivity contribution in [3.8, 4) is 11.5 Å². The monoisotopic (exact) mass is 304 g/mol. The summed E-state index contributed by atoms with van der Waals surface area (Å²) in [5.41, 5.74) is 6.46. The van der Waals surface area contributed by atoms with Crippen molar-refractivity contribution in [3.63, 3.8) is 0 Å². The second-order valence-electron chi connectivity index (χ2n) is 4.45. The number of H-pyrrole nitrogens is 1. The molecular formula is C14H16N4O4. The van der Waals surface area contributed by atoms with Crippen molar-refractivity contribution in [1.29, 1.82) is 0 Å². The van der Waals surface area contributed by atoms with Crippen LogP contribution in [0.5, 0.6) is 11.5 Å². The van der Waals surface area contributed by atoms with E-state index in [4.69, 9.17) is 15.2 Å². The van der Waals surface area contributed by atoms with E-state index < -0.39 is 5.91 Å². The number of aromatic amines is 1. The van der Waals surface area contributed by atoms with Gasteiger partial charge in [0.2, 0.25) is 5.91 Å².